The van der Waals surface area contributed by atoms with Crippen molar-refractivity contribution in [3.8, 4) is 0 Å². The number of hydrogen-bond acceptors (Lipinski definition) is 4. The molecule has 0 aliphatic heterocycles. The maximum atomic E-state index is 5.85. The highest BCUT2D eigenvalue weighted by Gasteiger charge is 2.21. The lowest BCUT2D eigenvalue weighted by molar-refractivity contribution is 0.536. The van der Waals surface area contributed by atoms with Gasteiger partial charge in [-0.05, 0) is 36.3 Å². The summed E-state index contributed by atoms with van der Waals surface area (Å²) in [5.41, 5.74) is 0. The van der Waals surface area contributed by atoms with Gasteiger partial charge in [-0.1, -0.05) is 24.9 Å². The lowest BCUT2D eigenvalue weighted by Crippen LogP contribution is -2.13. The van der Waals surface area contributed by atoms with Gasteiger partial charge in [0.25, 0.3) is 0 Å². The van der Waals surface area contributed by atoms with Crippen LogP contribution in [0.15, 0.2) is 0 Å². The van der Waals surface area contributed by atoms with Crippen LogP contribution in [0.1, 0.15) is 26.2 Å². The van der Waals surface area contributed by atoms with Gasteiger partial charge in [0, 0.05) is 6.54 Å². The van der Waals surface area contributed by atoms with Crippen LogP contribution in [0.3, 0.4) is 0 Å². The van der Waals surface area contributed by atoms with Crippen molar-refractivity contribution < 1.29 is 0 Å². The lowest BCUT2D eigenvalue weighted by Gasteiger charge is -2.11. The van der Waals surface area contributed by atoms with Crippen molar-refractivity contribution >= 4 is 29.0 Å². The van der Waals surface area contributed by atoms with E-state index in [1.54, 1.807) is 0 Å². The highest BCUT2D eigenvalue weighted by molar-refractivity contribution is 6.32. The van der Waals surface area contributed by atoms with Gasteiger partial charge in [0.1, 0.15) is 0 Å². The summed E-state index contributed by atoms with van der Waals surface area (Å²) in [7, 11) is 0. The van der Waals surface area contributed by atoms with Crippen molar-refractivity contribution in [2.24, 2.45) is 11.8 Å². The van der Waals surface area contributed by atoms with Gasteiger partial charge in [0.05, 0.1) is 0 Å². The standard InChI is InChI=1S/C10H14Cl2N4/c1-6-2-3-7(4-6)5-13-9-8(11)15-16-10(12)14-9/h6-7H,2-5H2,1H3,(H,13,14,16). The number of halogens is 2. The van der Waals surface area contributed by atoms with E-state index in [9.17, 15) is 0 Å². The van der Waals surface area contributed by atoms with Gasteiger partial charge < -0.3 is 5.32 Å². The van der Waals surface area contributed by atoms with Gasteiger partial charge in [-0.2, -0.15) is 4.98 Å². The van der Waals surface area contributed by atoms with Crippen LogP contribution in [0, 0.1) is 11.8 Å². The van der Waals surface area contributed by atoms with Gasteiger partial charge in [0.2, 0.25) is 5.28 Å². The quantitative estimate of drug-likeness (QED) is 0.908. The van der Waals surface area contributed by atoms with Crippen LogP contribution in [-0.4, -0.2) is 21.7 Å². The molecule has 1 saturated carbocycles. The van der Waals surface area contributed by atoms with E-state index in [2.05, 4.69) is 27.4 Å². The zero-order valence-electron chi connectivity index (χ0n) is 9.08. The minimum Gasteiger partial charge on any atom is -0.367 e. The zero-order valence-corrected chi connectivity index (χ0v) is 10.6. The second-order valence-corrected chi connectivity index (χ2v) is 5.08. The molecule has 1 aliphatic rings. The smallest absolute Gasteiger partial charge is 0.245 e. The Kier molecular flexibility index (Phi) is 3.82. The predicted molar refractivity (Wildman–Crippen MR) is 64.8 cm³/mol. The summed E-state index contributed by atoms with van der Waals surface area (Å²) in [4.78, 5) is 4.00. The van der Waals surface area contributed by atoms with Crippen LogP contribution in [0.2, 0.25) is 10.4 Å². The number of nitrogens with zero attached hydrogens (tertiary/aromatic N) is 3. The van der Waals surface area contributed by atoms with E-state index in [4.69, 9.17) is 23.2 Å². The van der Waals surface area contributed by atoms with Crippen LogP contribution in [0.5, 0.6) is 0 Å². The molecule has 1 aromatic rings. The third-order valence-corrected chi connectivity index (χ3v) is 3.40. The second-order valence-electron chi connectivity index (χ2n) is 4.39. The van der Waals surface area contributed by atoms with E-state index in [1.165, 1.54) is 19.3 Å². The first kappa shape index (κ1) is 11.9. The Labute approximate surface area is 105 Å². The molecule has 1 N–H and O–H groups in total. The van der Waals surface area contributed by atoms with E-state index >= 15 is 0 Å². The molecule has 0 amide bonds. The second kappa shape index (κ2) is 5.15. The highest BCUT2D eigenvalue weighted by Crippen LogP contribution is 2.30. The molecular formula is C10H14Cl2N4. The molecule has 4 nitrogen and oxygen atoms in total. The van der Waals surface area contributed by atoms with Crippen molar-refractivity contribution in [2.75, 3.05) is 11.9 Å². The topological polar surface area (TPSA) is 50.7 Å². The first-order chi connectivity index (χ1) is 7.65. The maximum absolute atomic E-state index is 5.85. The van der Waals surface area contributed by atoms with Crippen LogP contribution in [0.25, 0.3) is 0 Å². The van der Waals surface area contributed by atoms with Crippen LogP contribution < -0.4 is 5.32 Å². The number of anilines is 1. The van der Waals surface area contributed by atoms with Gasteiger partial charge in [-0.15, -0.1) is 10.2 Å². The fraction of sp³-hybridized carbons (Fsp3) is 0.700. The molecule has 2 unspecified atom stereocenters. The average Bonchev–Trinajstić information content (AvgIpc) is 2.66. The van der Waals surface area contributed by atoms with Crippen LogP contribution in [0.4, 0.5) is 5.82 Å². The van der Waals surface area contributed by atoms with E-state index < -0.39 is 0 Å². The first-order valence-corrected chi connectivity index (χ1v) is 6.20. The van der Waals surface area contributed by atoms with Crippen molar-refractivity contribution in [1.82, 2.24) is 15.2 Å². The molecule has 88 valence electrons. The molecular weight excluding hydrogens is 247 g/mol. The van der Waals surface area contributed by atoms with Crippen molar-refractivity contribution in [2.45, 2.75) is 26.2 Å². The SMILES string of the molecule is CC1CCC(CNc2nc(Cl)nnc2Cl)C1. The number of hydrogen-bond donors (Lipinski definition) is 1. The minimum absolute atomic E-state index is 0.117. The van der Waals surface area contributed by atoms with Crippen LogP contribution >= 0.6 is 23.2 Å². The van der Waals surface area contributed by atoms with Gasteiger partial charge in [-0.3, -0.25) is 0 Å². The molecule has 1 heterocycles. The molecule has 0 bridgehead atoms. The Bertz CT molecular complexity index is 372. The predicted octanol–water partition coefficient (Wildman–Crippen LogP) is 3.03. The Balaban J connectivity index is 1.91. The van der Waals surface area contributed by atoms with Gasteiger partial charge >= 0.3 is 0 Å². The van der Waals surface area contributed by atoms with Gasteiger partial charge in [-0.25, -0.2) is 0 Å². The molecule has 2 atom stereocenters. The van der Waals surface area contributed by atoms with E-state index in [0.717, 1.165) is 12.5 Å². The van der Waals surface area contributed by atoms with E-state index in [1.807, 2.05) is 0 Å². The number of nitrogens with one attached hydrogen (secondary N) is 1. The lowest BCUT2D eigenvalue weighted by atomic mass is 10.1. The normalized spacial score (nSPS) is 24.7. The maximum Gasteiger partial charge on any atom is 0.245 e. The first-order valence-electron chi connectivity index (χ1n) is 5.44. The fourth-order valence-corrected chi connectivity index (χ4v) is 2.43. The Morgan fingerprint density at radius 1 is 1.31 bits per heavy atom. The minimum atomic E-state index is 0.117. The summed E-state index contributed by atoms with van der Waals surface area (Å²) in [5.74, 6) is 2.05. The molecule has 0 saturated heterocycles. The Morgan fingerprint density at radius 3 is 2.81 bits per heavy atom. The highest BCUT2D eigenvalue weighted by atomic mass is 35.5. The van der Waals surface area contributed by atoms with Crippen LogP contribution in [-0.2, 0) is 0 Å². The summed E-state index contributed by atoms with van der Waals surface area (Å²) in [6, 6.07) is 0. The Morgan fingerprint density at radius 2 is 2.12 bits per heavy atom. The molecule has 1 aromatic heterocycles. The largest absolute Gasteiger partial charge is 0.367 e. The third-order valence-electron chi connectivity index (χ3n) is 2.98. The van der Waals surface area contributed by atoms with Crippen molar-refractivity contribution in [3.05, 3.63) is 10.4 Å². The molecule has 0 spiro atoms. The summed E-state index contributed by atoms with van der Waals surface area (Å²) < 4.78 is 0. The summed E-state index contributed by atoms with van der Waals surface area (Å²) in [6.07, 6.45) is 3.83. The molecule has 16 heavy (non-hydrogen) atoms. The molecule has 0 radical (unpaired) electrons. The van der Waals surface area contributed by atoms with Crippen molar-refractivity contribution in [3.63, 3.8) is 0 Å². The van der Waals surface area contributed by atoms with Gasteiger partial charge in [0.15, 0.2) is 11.0 Å². The average molecular weight is 261 g/mol. The molecule has 2 rings (SSSR count). The molecule has 1 fully saturated rings. The monoisotopic (exact) mass is 260 g/mol. The Hall–Kier alpha value is -0.610. The van der Waals surface area contributed by atoms with E-state index in [0.29, 0.717) is 11.7 Å². The van der Waals surface area contributed by atoms with E-state index in [-0.39, 0.29) is 10.4 Å². The zero-order chi connectivity index (χ0) is 11.5. The third kappa shape index (κ3) is 2.95. The molecule has 1 aliphatic carbocycles. The summed E-state index contributed by atoms with van der Waals surface area (Å²) in [6.45, 7) is 3.16. The number of rotatable bonds is 3. The molecule has 6 heteroatoms. The fourth-order valence-electron chi connectivity index (χ4n) is 2.16. The number of aromatic nitrogens is 3. The van der Waals surface area contributed by atoms with Crippen molar-refractivity contribution in [1.29, 1.82) is 0 Å². The summed E-state index contributed by atoms with van der Waals surface area (Å²) in [5, 5.41) is 10.8. The summed E-state index contributed by atoms with van der Waals surface area (Å²) >= 11 is 11.5. The molecule has 0 aromatic carbocycles.